The maximum absolute atomic E-state index is 13.0. The third-order valence-corrected chi connectivity index (χ3v) is 3.85. The molecule has 0 fully saturated rings. The summed E-state index contributed by atoms with van der Waals surface area (Å²) in [5.74, 6) is -3.57. The van der Waals surface area contributed by atoms with Crippen LogP contribution in [0.15, 0.2) is 30.9 Å². The van der Waals surface area contributed by atoms with E-state index in [9.17, 15) is 35.9 Å². The fourth-order valence-electron chi connectivity index (χ4n) is 2.41. The van der Waals surface area contributed by atoms with Crippen LogP contribution in [0.5, 0.6) is 0 Å². The summed E-state index contributed by atoms with van der Waals surface area (Å²) in [6, 6.07) is 0.679. The van der Waals surface area contributed by atoms with Crippen LogP contribution in [0.25, 0.3) is 23.2 Å². The third kappa shape index (κ3) is 5.28. The highest BCUT2D eigenvalue weighted by molar-refractivity contribution is 6.22. The first-order valence-corrected chi connectivity index (χ1v) is 8.41. The zero-order valence-electron chi connectivity index (χ0n) is 15.8. The average molecular weight is 473 g/mol. The summed E-state index contributed by atoms with van der Waals surface area (Å²) in [6.07, 6.45) is -6.54. The van der Waals surface area contributed by atoms with Crippen molar-refractivity contribution in [1.29, 1.82) is 0 Å². The van der Waals surface area contributed by atoms with E-state index in [4.69, 9.17) is 10.8 Å². The molecule has 1 amide bonds. The van der Waals surface area contributed by atoms with Crippen molar-refractivity contribution in [3.05, 3.63) is 53.6 Å². The van der Waals surface area contributed by atoms with E-state index in [0.29, 0.717) is 12.1 Å². The van der Waals surface area contributed by atoms with Gasteiger partial charge >= 0.3 is 18.3 Å². The Balaban J connectivity index is 2.04. The first kappa shape index (κ1) is 23.3. The molecule has 33 heavy (non-hydrogen) atoms. The number of amides is 1. The van der Waals surface area contributed by atoms with Crippen molar-refractivity contribution in [3.63, 3.8) is 0 Å². The summed E-state index contributed by atoms with van der Waals surface area (Å²) in [4.78, 5) is 35.9. The molecule has 0 aliphatic carbocycles. The van der Waals surface area contributed by atoms with Gasteiger partial charge < -0.3 is 10.8 Å². The number of primary amides is 1. The summed E-state index contributed by atoms with van der Waals surface area (Å²) in [5, 5.41) is 12.6. The second-order valence-electron chi connectivity index (χ2n) is 6.18. The number of alkyl halides is 6. The Hall–Kier alpha value is -4.37. The van der Waals surface area contributed by atoms with Crippen molar-refractivity contribution in [2.75, 3.05) is 0 Å². The maximum atomic E-state index is 13.0. The summed E-state index contributed by atoms with van der Waals surface area (Å²) < 4.78 is 78.8. The van der Waals surface area contributed by atoms with Gasteiger partial charge in [0.05, 0.1) is 5.57 Å². The Morgan fingerprint density at radius 2 is 1.52 bits per heavy atom. The Kier molecular flexibility index (Phi) is 5.85. The van der Waals surface area contributed by atoms with Crippen LogP contribution in [-0.2, 0) is 17.1 Å². The van der Waals surface area contributed by atoms with Crippen LogP contribution in [0.3, 0.4) is 0 Å². The lowest BCUT2D eigenvalue weighted by Crippen LogP contribution is -2.15. The Labute approximate surface area is 178 Å². The molecule has 3 N–H and O–H groups in total. The van der Waals surface area contributed by atoms with Gasteiger partial charge in [0.15, 0.2) is 5.82 Å². The molecule has 0 bridgehead atoms. The van der Waals surface area contributed by atoms with E-state index in [1.165, 1.54) is 0 Å². The predicted molar refractivity (Wildman–Crippen MR) is 95.6 cm³/mol. The number of aromatic carboxylic acids is 1. The molecule has 16 heteroatoms. The first-order chi connectivity index (χ1) is 15.3. The number of carbonyl (C=O) groups excluding carboxylic acids is 1. The number of rotatable bonds is 5. The molecular formula is C17H9F6N7O3. The first-order valence-electron chi connectivity index (χ1n) is 8.41. The van der Waals surface area contributed by atoms with Crippen molar-refractivity contribution in [3.8, 4) is 11.4 Å². The number of carbonyl (C=O) groups is 2. The minimum Gasteiger partial charge on any atom is -0.475 e. The van der Waals surface area contributed by atoms with Gasteiger partial charge in [0, 0.05) is 29.7 Å². The SMILES string of the molecule is NC(=O)C(=Cn1cnc(-c2cc(C(F)(F)F)nc(C(F)(F)F)c2)n1)c1cnc(C(=O)O)nc1. The standard InChI is InChI=1S/C17H9F6N7O3/c18-16(19,20)10-1-7(2-11(28-10)17(21,22)23)13-27-6-30(29-13)5-9(12(24)31)8-3-25-14(15(32)33)26-4-8/h1-6H,(H2,24,31)(H,32,33). The molecule has 3 aromatic heterocycles. The van der Waals surface area contributed by atoms with Crippen LogP contribution in [0.1, 0.15) is 27.6 Å². The molecule has 0 atom stereocenters. The zero-order valence-corrected chi connectivity index (χ0v) is 15.8. The molecule has 3 aromatic rings. The summed E-state index contributed by atoms with van der Waals surface area (Å²) in [5.41, 5.74) is 0.703. The van der Waals surface area contributed by atoms with Crippen LogP contribution < -0.4 is 5.73 Å². The summed E-state index contributed by atoms with van der Waals surface area (Å²) >= 11 is 0. The van der Waals surface area contributed by atoms with Crippen LogP contribution in [-0.4, -0.2) is 46.7 Å². The molecule has 0 radical (unpaired) electrons. The van der Waals surface area contributed by atoms with Gasteiger partial charge in [0.1, 0.15) is 17.7 Å². The van der Waals surface area contributed by atoms with Gasteiger partial charge in [-0.05, 0) is 12.1 Å². The summed E-state index contributed by atoms with van der Waals surface area (Å²) in [7, 11) is 0. The van der Waals surface area contributed by atoms with Crippen molar-refractivity contribution >= 4 is 23.6 Å². The molecule has 3 heterocycles. The number of carboxylic acid groups (broad SMARTS) is 1. The largest absolute Gasteiger partial charge is 0.475 e. The molecule has 0 aliphatic heterocycles. The van der Waals surface area contributed by atoms with Crippen LogP contribution in [0.4, 0.5) is 26.3 Å². The Morgan fingerprint density at radius 1 is 0.970 bits per heavy atom. The zero-order chi connectivity index (χ0) is 24.6. The molecule has 0 aromatic carbocycles. The maximum Gasteiger partial charge on any atom is 0.433 e. The number of pyridine rings is 1. The van der Waals surface area contributed by atoms with Crippen LogP contribution in [0.2, 0.25) is 0 Å². The molecule has 3 rings (SSSR count). The fraction of sp³-hybridized carbons (Fsp3) is 0.118. The molecule has 172 valence electrons. The molecular weight excluding hydrogens is 464 g/mol. The van der Waals surface area contributed by atoms with E-state index in [0.717, 1.165) is 29.6 Å². The number of hydrogen-bond donors (Lipinski definition) is 2. The lowest BCUT2D eigenvalue weighted by molar-refractivity contribution is -0.150. The molecule has 0 saturated heterocycles. The second kappa shape index (κ2) is 8.29. The topological polar surface area (TPSA) is 150 Å². The van der Waals surface area contributed by atoms with Gasteiger partial charge in [0.2, 0.25) is 5.82 Å². The Bertz CT molecular complexity index is 1220. The quantitative estimate of drug-likeness (QED) is 0.424. The van der Waals surface area contributed by atoms with Crippen molar-refractivity contribution in [1.82, 2.24) is 29.7 Å². The van der Waals surface area contributed by atoms with Gasteiger partial charge in [-0.25, -0.2) is 29.4 Å². The fourth-order valence-corrected chi connectivity index (χ4v) is 2.41. The third-order valence-electron chi connectivity index (χ3n) is 3.85. The van der Waals surface area contributed by atoms with Gasteiger partial charge in [-0.2, -0.15) is 26.3 Å². The number of nitrogens with zero attached hydrogens (tertiary/aromatic N) is 6. The molecule has 0 aliphatic rings. The van der Waals surface area contributed by atoms with Crippen LogP contribution >= 0.6 is 0 Å². The average Bonchev–Trinajstić information content (AvgIpc) is 3.19. The van der Waals surface area contributed by atoms with E-state index < -0.39 is 52.8 Å². The van der Waals surface area contributed by atoms with Gasteiger partial charge in [-0.1, -0.05) is 0 Å². The minimum atomic E-state index is -5.17. The molecule has 10 nitrogen and oxygen atoms in total. The van der Waals surface area contributed by atoms with Gasteiger partial charge in [-0.3, -0.25) is 4.79 Å². The van der Waals surface area contributed by atoms with E-state index in [-0.39, 0.29) is 11.1 Å². The van der Waals surface area contributed by atoms with E-state index in [1.807, 2.05) is 0 Å². The highest BCUT2D eigenvalue weighted by Crippen LogP contribution is 2.35. The molecule has 0 saturated carbocycles. The van der Waals surface area contributed by atoms with E-state index in [2.05, 4.69) is 25.0 Å². The predicted octanol–water partition coefficient (Wildman–Crippen LogP) is 2.35. The number of nitrogens with two attached hydrogens (primary N) is 1. The minimum absolute atomic E-state index is 0.0350. The van der Waals surface area contributed by atoms with Crippen molar-refractivity contribution in [2.24, 2.45) is 5.73 Å². The number of carboxylic acids is 1. The second-order valence-corrected chi connectivity index (χ2v) is 6.18. The van der Waals surface area contributed by atoms with Crippen molar-refractivity contribution in [2.45, 2.75) is 12.4 Å². The highest BCUT2D eigenvalue weighted by atomic mass is 19.4. The van der Waals surface area contributed by atoms with E-state index >= 15 is 0 Å². The van der Waals surface area contributed by atoms with E-state index in [1.54, 1.807) is 0 Å². The monoisotopic (exact) mass is 473 g/mol. The molecule has 0 spiro atoms. The van der Waals surface area contributed by atoms with Crippen LogP contribution in [0, 0.1) is 0 Å². The lowest BCUT2D eigenvalue weighted by atomic mass is 10.1. The normalized spacial score (nSPS) is 12.6. The number of halogens is 6. The molecule has 0 unspecified atom stereocenters. The smallest absolute Gasteiger partial charge is 0.433 e. The lowest BCUT2D eigenvalue weighted by Gasteiger charge is -2.11. The Morgan fingerprint density at radius 3 is 1.97 bits per heavy atom. The number of aromatic nitrogens is 6. The number of hydrogen-bond acceptors (Lipinski definition) is 7. The summed E-state index contributed by atoms with van der Waals surface area (Å²) in [6.45, 7) is 0. The highest BCUT2D eigenvalue weighted by Gasteiger charge is 2.39. The van der Waals surface area contributed by atoms with Gasteiger partial charge in [0.25, 0.3) is 5.91 Å². The van der Waals surface area contributed by atoms with Gasteiger partial charge in [-0.15, -0.1) is 5.10 Å². The van der Waals surface area contributed by atoms with Crippen molar-refractivity contribution < 1.29 is 41.0 Å².